The van der Waals surface area contributed by atoms with E-state index in [1.165, 1.54) is 18.1 Å². The molecule has 24 heavy (non-hydrogen) atoms. The molecule has 3 aromatic rings. The van der Waals surface area contributed by atoms with Crippen LogP contribution < -0.4 is 9.64 Å². The Hall–Kier alpha value is -2.61. The normalized spacial score (nSPS) is 17.6. The minimum atomic E-state index is -0.177. The van der Waals surface area contributed by atoms with Crippen molar-refractivity contribution in [1.82, 2.24) is 19.9 Å². The van der Waals surface area contributed by atoms with Gasteiger partial charge in [-0.1, -0.05) is 23.9 Å². The number of hydrogen-bond donors (Lipinski definition) is 1. The number of H-pyrrole nitrogens is 1. The summed E-state index contributed by atoms with van der Waals surface area (Å²) in [5, 5.41) is 0.508. The maximum absolute atomic E-state index is 12.8. The molecule has 122 valence electrons. The van der Waals surface area contributed by atoms with Gasteiger partial charge in [0.1, 0.15) is 17.6 Å². The van der Waals surface area contributed by atoms with Gasteiger partial charge < -0.3 is 14.6 Å². The molecule has 0 aliphatic carbocycles. The number of aromatic amines is 1. The predicted octanol–water partition coefficient (Wildman–Crippen LogP) is 2.26. The molecule has 0 saturated carbocycles. The average Bonchev–Trinajstić information content (AvgIpc) is 3.18. The number of ether oxygens (including phenoxy) is 1. The molecule has 2 aromatic heterocycles. The third-order valence-electron chi connectivity index (χ3n) is 3.93. The first-order chi connectivity index (χ1) is 11.8. The number of amides is 1. The van der Waals surface area contributed by atoms with E-state index < -0.39 is 0 Å². The highest BCUT2D eigenvalue weighted by atomic mass is 32.2. The number of aromatic nitrogens is 4. The molecule has 0 bridgehead atoms. The highest BCUT2D eigenvalue weighted by Crippen LogP contribution is 2.36. The highest BCUT2D eigenvalue weighted by Gasteiger charge is 2.35. The van der Waals surface area contributed by atoms with Gasteiger partial charge in [-0.2, -0.15) is 0 Å². The van der Waals surface area contributed by atoms with Crippen molar-refractivity contribution in [2.75, 3.05) is 18.6 Å². The van der Waals surface area contributed by atoms with E-state index in [4.69, 9.17) is 4.74 Å². The quantitative estimate of drug-likeness (QED) is 0.784. The van der Waals surface area contributed by atoms with E-state index in [-0.39, 0.29) is 11.2 Å². The van der Waals surface area contributed by atoms with Crippen LogP contribution in [0.5, 0.6) is 5.75 Å². The molecule has 1 atom stereocenters. The van der Waals surface area contributed by atoms with E-state index in [0.29, 0.717) is 23.1 Å². The standard InChI is InChI=1S/C16H15N5O2S/c1-23-12-5-3-2-4-11(12)21-7-6-13(15(21)22)24-16-19-10-8-17-9-18-14(10)20-16/h2-5,8-9,13H,6-7H2,1H3,(H,17,18,19,20)/t13-/m0/s1. The lowest BCUT2D eigenvalue weighted by Gasteiger charge is -2.19. The summed E-state index contributed by atoms with van der Waals surface area (Å²) < 4.78 is 5.37. The molecule has 0 radical (unpaired) electrons. The molecule has 0 spiro atoms. The highest BCUT2D eigenvalue weighted by molar-refractivity contribution is 8.00. The van der Waals surface area contributed by atoms with Crippen molar-refractivity contribution in [3.05, 3.63) is 36.8 Å². The third kappa shape index (κ3) is 2.58. The lowest BCUT2D eigenvalue weighted by molar-refractivity contribution is -0.116. The Morgan fingerprint density at radius 2 is 2.25 bits per heavy atom. The number of anilines is 1. The molecule has 7 nitrogen and oxygen atoms in total. The molecule has 1 aliphatic heterocycles. The Bertz CT molecular complexity index is 864. The number of nitrogens with one attached hydrogen (secondary N) is 1. The van der Waals surface area contributed by atoms with Crippen LogP contribution in [0, 0.1) is 0 Å². The van der Waals surface area contributed by atoms with Crippen LogP contribution in [0.2, 0.25) is 0 Å². The third-order valence-corrected chi connectivity index (χ3v) is 5.06. The number of benzene rings is 1. The zero-order chi connectivity index (χ0) is 16.5. The summed E-state index contributed by atoms with van der Waals surface area (Å²) in [5.41, 5.74) is 2.19. The van der Waals surface area contributed by atoms with Crippen molar-refractivity contribution in [2.45, 2.75) is 16.8 Å². The number of hydrogen-bond acceptors (Lipinski definition) is 6. The maximum Gasteiger partial charge on any atom is 0.240 e. The van der Waals surface area contributed by atoms with Gasteiger partial charge in [-0.3, -0.25) is 4.79 Å². The van der Waals surface area contributed by atoms with Crippen LogP contribution in [0.15, 0.2) is 41.9 Å². The Kier molecular flexibility index (Phi) is 3.81. The molecule has 1 amide bonds. The summed E-state index contributed by atoms with van der Waals surface area (Å²) in [6, 6.07) is 7.57. The van der Waals surface area contributed by atoms with Gasteiger partial charge in [0.25, 0.3) is 0 Å². The first kappa shape index (κ1) is 14.9. The Morgan fingerprint density at radius 1 is 1.38 bits per heavy atom. The number of nitrogens with zero attached hydrogens (tertiary/aromatic N) is 4. The summed E-state index contributed by atoms with van der Waals surface area (Å²) in [5.74, 6) is 0.770. The topological polar surface area (TPSA) is 84.0 Å². The summed E-state index contributed by atoms with van der Waals surface area (Å²) in [6.07, 6.45) is 3.89. The Labute approximate surface area is 142 Å². The molecule has 1 N–H and O–H groups in total. The molecule has 1 aromatic carbocycles. The number of rotatable bonds is 4. The lowest BCUT2D eigenvalue weighted by Crippen LogP contribution is -2.28. The first-order valence-corrected chi connectivity index (χ1v) is 8.41. The molecule has 1 aliphatic rings. The van der Waals surface area contributed by atoms with Crippen LogP contribution in [0.1, 0.15) is 6.42 Å². The van der Waals surface area contributed by atoms with Crippen molar-refractivity contribution in [3.8, 4) is 5.75 Å². The van der Waals surface area contributed by atoms with Gasteiger partial charge in [0.15, 0.2) is 10.8 Å². The number of carbonyl (C=O) groups is 1. The van der Waals surface area contributed by atoms with Crippen molar-refractivity contribution in [2.24, 2.45) is 0 Å². The molecule has 0 unspecified atom stereocenters. The number of methoxy groups -OCH3 is 1. The van der Waals surface area contributed by atoms with Crippen LogP contribution in [0.25, 0.3) is 11.2 Å². The SMILES string of the molecule is COc1ccccc1N1CC[C@H](Sc2nc3ncncc3[nH]2)C1=O. The molecule has 4 rings (SSSR count). The molecular formula is C16H15N5O2S. The smallest absolute Gasteiger partial charge is 0.240 e. The van der Waals surface area contributed by atoms with Gasteiger partial charge >= 0.3 is 0 Å². The summed E-state index contributed by atoms with van der Waals surface area (Å²) in [4.78, 5) is 30.2. The second kappa shape index (κ2) is 6.12. The van der Waals surface area contributed by atoms with E-state index in [0.717, 1.165) is 17.6 Å². The van der Waals surface area contributed by atoms with Crippen LogP contribution in [0.4, 0.5) is 5.69 Å². The fourth-order valence-corrected chi connectivity index (χ4v) is 3.81. The monoisotopic (exact) mass is 341 g/mol. The van der Waals surface area contributed by atoms with Crippen LogP contribution >= 0.6 is 11.8 Å². The summed E-state index contributed by atoms with van der Waals surface area (Å²) in [6.45, 7) is 0.664. The number of para-hydroxylation sites is 2. The first-order valence-electron chi connectivity index (χ1n) is 7.53. The van der Waals surface area contributed by atoms with E-state index in [1.807, 2.05) is 24.3 Å². The van der Waals surface area contributed by atoms with E-state index in [1.54, 1.807) is 18.2 Å². The van der Waals surface area contributed by atoms with E-state index in [2.05, 4.69) is 19.9 Å². The second-order valence-electron chi connectivity index (χ2n) is 5.36. The Balaban J connectivity index is 1.55. The summed E-state index contributed by atoms with van der Waals surface area (Å²) in [7, 11) is 1.61. The zero-order valence-electron chi connectivity index (χ0n) is 13.0. The van der Waals surface area contributed by atoms with Gasteiger partial charge in [-0.25, -0.2) is 15.0 Å². The van der Waals surface area contributed by atoms with Crippen molar-refractivity contribution < 1.29 is 9.53 Å². The fraction of sp³-hybridized carbons (Fsp3) is 0.250. The van der Waals surface area contributed by atoms with Gasteiger partial charge in [-0.15, -0.1) is 0 Å². The number of carbonyl (C=O) groups excluding carboxylic acids is 1. The van der Waals surface area contributed by atoms with E-state index >= 15 is 0 Å². The van der Waals surface area contributed by atoms with Crippen LogP contribution in [0.3, 0.4) is 0 Å². The van der Waals surface area contributed by atoms with Gasteiger partial charge in [0.05, 0.1) is 24.2 Å². The molecular weight excluding hydrogens is 326 g/mol. The van der Waals surface area contributed by atoms with E-state index in [9.17, 15) is 4.79 Å². The number of imidazole rings is 1. The van der Waals surface area contributed by atoms with Gasteiger partial charge in [0.2, 0.25) is 5.91 Å². The maximum atomic E-state index is 12.8. The average molecular weight is 341 g/mol. The minimum Gasteiger partial charge on any atom is -0.495 e. The molecule has 1 saturated heterocycles. The Morgan fingerprint density at radius 3 is 3.08 bits per heavy atom. The molecule has 1 fully saturated rings. The second-order valence-corrected chi connectivity index (χ2v) is 6.55. The number of fused-ring (bicyclic) bond motifs is 1. The number of thioether (sulfide) groups is 1. The van der Waals surface area contributed by atoms with Crippen molar-refractivity contribution in [3.63, 3.8) is 0 Å². The molecule has 3 heterocycles. The largest absolute Gasteiger partial charge is 0.495 e. The van der Waals surface area contributed by atoms with Crippen molar-refractivity contribution >= 4 is 34.5 Å². The zero-order valence-corrected chi connectivity index (χ0v) is 13.8. The van der Waals surface area contributed by atoms with Crippen LogP contribution in [-0.4, -0.2) is 44.7 Å². The van der Waals surface area contributed by atoms with Gasteiger partial charge in [-0.05, 0) is 18.6 Å². The fourth-order valence-electron chi connectivity index (χ4n) is 2.79. The summed E-state index contributed by atoms with van der Waals surface area (Å²) >= 11 is 1.43. The van der Waals surface area contributed by atoms with Crippen LogP contribution in [-0.2, 0) is 4.79 Å². The molecule has 8 heteroatoms. The van der Waals surface area contributed by atoms with Gasteiger partial charge in [0, 0.05) is 6.54 Å². The lowest BCUT2D eigenvalue weighted by atomic mass is 10.2. The minimum absolute atomic E-state index is 0.0658. The van der Waals surface area contributed by atoms with Crippen molar-refractivity contribution in [1.29, 1.82) is 0 Å². The predicted molar refractivity (Wildman–Crippen MR) is 91.3 cm³/mol.